The van der Waals surface area contributed by atoms with Crippen LogP contribution in [-0.2, 0) is 4.74 Å². The van der Waals surface area contributed by atoms with Crippen LogP contribution in [-0.4, -0.2) is 51.7 Å². The van der Waals surface area contributed by atoms with E-state index in [4.69, 9.17) is 4.74 Å². The first-order chi connectivity index (χ1) is 10.0. The number of amides is 1. The quantitative estimate of drug-likeness (QED) is 0.799. The number of hydrogen-bond acceptors (Lipinski definition) is 4. The topological polar surface area (TPSA) is 46.8 Å². The second-order valence-corrected chi connectivity index (χ2v) is 6.50. The molecule has 112 valence electrons. The number of morpholine rings is 1. The van der Waals surface area contributed by atoms with Crippen molar-refractivity contribution in [3.05, 3.63) is 30.1 Å². The maximum Gasteiger partial charge on any atom is 0.275 e. The Bertz CT molecular complexity index is 681. The summed E-state index contributed by atoms with van der Waals surface area (Å²) in [6, 6.07) is 5.82. The fraction of sp³-hybridized carbons (Fsp3) is 0.467. The first-order valence-electron chi connectivity index (χ1n) is 6.95. The lowest BCUT2D eigenvalue weighted by Crippen LogP contribution is -2.55. The van der Waals surface area contributed by atoms with Crippen LogP contribution in [0.1, 0.15) is 24.3 Å². The number of rotatable bonds is 2. The molecule has 3 heterocycles. The number of carbonyl (C=O) groups is 1. The molecule has 3 rings (SSSR count). The van der Waals surface area contributed by atoms with Crippen LogP contribution in [0.25, 0.3) is 5.52 Å². The maximum atomic E-state index is 12.9. The Morgan fingerprint density at radius 1 is 1.43 bits per heavy atom. The van der Waals surface area contributed by atoms with Crippen molar-refractivity contribution < 1.29 is 9.53 Å². The molecule has 0 bridgehead atoms. The van der Waals surface area contributed by atoms with Crippen LogP contribution in [0.2, 0.25) is 0 Å². The maximum absolute atomic E-state index is 12.9. The standard InChI is InChI=1S/C15H19N3O2S/c1-15(2)10-20-9-8-18(15)13(19)12-11-6-4-5-7-17(11)14(16-12)21-3/h4-7H,8-10H2,1-3H3. The van der Waals surface area contributed by atoms with E-state index in [0.29, 0.717) is 25.5 Å². The SMILES string of the molecule is CSc1nc(C(=O)N2CCOCC2(C)C)c2ccccn12. The highest BCUT2D eigenvalue weighted by atomic mass is 32.2. The number of pyridine rings is 1. The predicted molar refractivity (Wildman–Crippen MR) is 82.9 cm³/mol. The number of fused-ring (bicyclic) bond motifs is 1. The normalized spacial score (nSPS) is 18.1. The Labute approximate surface area is 128 Å². The third kappa shape index (κ3) is 2.42. The van der Waals surface area contributed by atoms with Crippen molar-refractivity contribution in [2.75, 3.05) is 26.0 Å². The third-order valence-corrected chi connectivity index (χ3v) is 4.44. The number of imidazole rings is 1. The average molecular weight is 305 g/mol. The highest BCUT2D eigenvalue weighted by molar-refractivity contribution is 7.98. The number of hydrogen-bond donors (Lipinski definition) is 0. The molecule has 21 heavy (non-hydrogen) atoms. The minimum absolute atomic E-state index is 0.0210. The van der Waals surface area contributed by atoms with Crippen molar-refractivity contribution in [2.45, 2.75) is 24.5 Å². The fourth-order valence-electron chi connectivity index (χ4n) is 2.67. The van der Waals surface area contributed by atoms with Crippen molar-refractivity contribution in [1.82, 2.24) is 14.3 Å². The molecule has 1 aliphatic heterocycles. The van der Waals surface area contributed by atoms with E-state index in [2.05, 4.69) is 4.98 Å². The monoisotopic (exact) mass is 305 g/mol. The van der Waals surface area contributed by atoms with Gasteiger partial charge >= 0.3 is 0 Å². The zero-order valence-electron chi connectivity index (χ0n) is 12.5. The molecule has 0 N–H and O–H groups in total. The van der Waals surface area contributed by atoms with E-state index in [1.165, 1.54) is 11.8 Å². The molecule has 0 atom stereocenters. The Morgan fingerprint density at radius 2 is 2.24 bits per heavy atom. The summed E-state index contributed by atoms with van der Waals surface area (Å²) in [6.45, 7) is 5.79. The van der Waals surface area contributed by atoms with Gasteiger partial charge in [0.2, 0.25) is 0 Å². The average Bonchev–Trinajstić information content (AvgIpc) is 2.85. The van der Waals surface area contributed by atoms with Crippen molar-refractivity contribution in [2.24, 2.45) is 0 Å². The van der Waals surface area contributed by atoms with Crippen LogP contribution in [0.15, 0.2) is 29.6 Å². The zero-order chi connectivity index (χ0) is 15.0. The lowest BCUT2D eigenvalue weighted by atomic mass is 10.0. The predicted octanol–water partition coefficient (Wildman–Crippen LogP) is 2.31. The molecule has 1 amide bonds. The molecule has 1 aliphatic rings. The molecule has 0 aliphatic carbocycles. The Morgan fingerprint density at radius 3 is 2.95 bits per heavy atom. The molecule has 1 fully saturated rings. The summed E-state index contributed by atoms with van der Waals surface area (Å²) >= 11 is 1.54. The largest absolute Gasteiger partial charge is 0.377 e. The minimum Gasteiger partial charge on any atom is -0.377 e. The highest BCUT2D eigenvalue weighted by Gasteiger charge is 2.36. The zero-order valence-corrected chi connectivity index (χ0v) is 13.3. The molecular weight excluding hydrogens is 286 g/mol. The summed E-state index contributed by atoms with van der Waals surface area (Å²) in [5, 5.41) is 0.833. The number of carbonyl (C=O) groups excluding carboxylic acids is 1. The van der Waals surface area contributed by atoms with E-state index in [1.807, 2.05) is 53.8 Å². The first kappa shape index (κ1) is 14.4. The summed E-state index contributed by atoms with van der Waals surface area (Å²) in [6.07, 6.45) is 3.91. The number of nitrogens with zero attached hydrogens (tertiary/aromatic N) is 3. The van der Waals surface area contributed by atoms with Gasteiger partial charge in [0, 0.05) is 12.7 Å². The summed E-state index contributed by atoms with van der Waals surface area (Å²) in [7, 11) is 0. The van der Waals surface area contributed by atoms with Crippen LogP contribution in [0.5, 0.6) is 0 Å². The lowest BCUT2D eigenvalue weighted by molar-refractivity contribution is -0.0372. The Balaban J connectivity index is 2.06. The van der Waals surface area contributed by atoms with E-state index in [0.717, 1.165) is 10.7 Å². The van der Waals surface area contributed by atoms with Gasteiger partial charge < -0.3 is 9.64 Å². The second-order valence-electron chi connectivity index (χ2n) is 5.72. The van der Waals surface area contributed by atoms with Gasteiger partial charge in [-0.1, -0.05) is 17.8 Å². The summed E-state index contributed by atoms with van der Waals surface area (Å²) < 4.78 is 7.45. The molecule has 2 aromatic heterocycles. The highest BCUT2D eigenvalue weighted by Crippen LogP contribution is 2.25. The van der Waals surface area contributed by atoms with Crippen LogP contribution < -0.4 is 0 Å². The molecule has 6 heteroatoms. The van der Waals surface area contributed by atoms with Gasteiger partial charge in [0.1, 0.15) is 0 Å². The van der Waals surface area contributed by atoms with Gasteiger partial charge in [-0.25, -0.2) is 4.98 Å². The molecule has 0 radical (unpaired) electrons. The van der Waals surface area contributed by atoms with E-state index >= 15 is 0 Å². The molecule has 2 aromatic rings. The van der Waals surface area contributed by atoms with Crippen molar-refractivity contribution in [1.29, 1.82) is 0 Å². The second kappa shape index (κ2) is 5.35. The van der Waals surface area contributed by atoms with E-state index in [1.54, 1.807) is 0 Å². The number of aromatic nitrogens is 2. The molecule has 0 aromatic carbocycles. The summed E-state index contributed by atoms with van der Waals surface area (Å²) in [5.74, 6) is -0.0210. The van der Waals surface area contributed by atoms with Crippen molar-refractivity contribution in [3.63, 3.8) is 0 Å². The summed E-state index contributed by atoms with van der Waals surface area (Å²) in [4.78, 5) is 19.4. The molecule has 0 spiro atoms. The molecular formula is C15H19N3O2S. The summed E-state index contributed by atoms with van der Waals surface area (Å²) in [5.41, 5.74) is 1.07. The van der Waals surface area contributed by atoms with Gasteiger partial charge in [-0.3, -0.25) is 9.20 Å². The minimum atomic E-state index is -0.306. The molecule has 0 unspecified atom stereocenters. The fourth-order valence-corrected chi connectivity index (χ4v) is 3.21. The number of ether oxygens (including phenoxy) is 1. The van der Waals surface area contributed by atoms with Crippen LogP contribution in [0.3, 0.4) is 0 Å². The third-order valence-electron chi connectivity index (χ3n) is 3.79. The lowest BCUT2D eigenvalue weighted by Gasteiger charge is -2.41. The molecule has 0 saturated carbocycles. The van der Waals surface area contributed by atoms with Crippen LogP contribution in [0.4, 0.5) is 0 Å². The van der Waals surface area contributed by atoms with Crippen molar-refractivity contribution >= 4 is 23.2 Å². The van der Waals surface area contributed by atoms with Gasteiger partial charge in [0.25, 0.3) is 5.91 Å². The smallest absolute Gasteiger partial charge is 0.275 e. The number of thioether (sulfide) groups is 1. The van der Waals surface area contributed by atoms with Crippen LogP contribution in [0, 0.1) is 0 Å². The van der Waals surface area contributed by atoms with Crippen LogP contribution >= 0.6 is 11.8 Å². The Hall–Kier alpha value is -1.53. The van der Waals surface area contributed by atoms with Gasteiger partial charge in [-0.05, 0) is 32.2 Å². The van der Waals surface area contributed by atoms with E-state index in [9.17, 15) is 4.79 Å². The van der Waals surface area contributed by atoms with Gasteiger partial charge in [0.05, 0.1) is 24.3 Å². The Kier molecular flexibility index (Phi) is 3.67. The molecule has 5 nitrogen and oxygen atoms in total. The molecule has 1 saturated heterocycles. The van der Waals surface area contributed by atoms with E-state index in [-0.39, 0.29) is 11.4 Å². The van der Waals surface area contributed by atoms with Gasteiger partial charge in [-0.2, -0.15) is 0 Å². The van der Waals surface area contributed by atoms with E-state index < -0.39 is 0 Å². The van der Waals surface area contributed by atoms with Gasteiger partial charge in [0.15, 0.2) is 10.9 Å². The van der Waals surface area contributed by atoms with Crippen molar-refractivity contribution in [3.8, 4) is 0 Å². The first-order valence-corrected chi connectivity index (χ1v) is 8.18. The van der Waals surface area contributed by atoms with Gasteiger partial charge in [-0.15, -0.1) is 0 Å².